The van der Waals surface area contributed by atoms with Crippen LogP contribution in [0.2, 0.25) is 0 Å². The van der Waals surface area contributed by atoms with E-state index in [1.807, 2.05) is 9.80 Å². The fourth-order valence-corrected chi connectivity index (χ4v) is 3.06. The van der Waals surface area contributed by atoms with Crippen LogP contribution in [0.15, 0.2) is 36.5 Å². The molecule has 1 aliphatic heterocycles. The van der Waals surface area contributed by atoms with Crippen LogP contribution in [0.4, 0.5) is 20.3 Å². The van der Waals surface area contributed by atoms with Crippen molar-refractivity contribution in [3.63, 3.8) is 0 Å². The quantitative estimate of drug-likeness (QED) is 0.893. The molecule has 1 amide bonds. The van der Waals surface area contributed by atoms with Gasteiger partial charge in [0.25, 0.3) is 0 Å². The van der Waals surface area contributed by atoms with Gasteiger partial charge in [-0.15, -0.1) is 0 Å². The van der Waals surface area contributed by atoms with Gasteiger partial charge in [-0.05, 0) is 30.7 Å². The number of nitrogens with zero attached hydrogens (tertiary/aromatic N) is 4. The van der Waals surface area contributed by atoms with Crippen LogP contribution in [-0.4, -0.2) is 48.5 Å². The number of halogens is 2. The number of carbonyl (C=O) groups is 1. The van der Waals surface area contributed by atoms with E-state index in [0.29, 0.717) is 31.0 Å². The Kier molecular flexibility index (Phi) is 5.94. The molecule has 2 heterocycles. The van der Waals surface area contributed by atoms with Gasteiger partial charge in [-0.25, -0.2) is 13.8 Å². The topological polar surface area (TPSA) is 72.3 Å². The number of amides is 1. The monoisotopic (exact) mass is 371 g/mol. The molecule has 0 unspecified atom stereocenters. The van der Waals surface area contributed by atoms with Gasteiger partial charge in [0, 0.05) is 38.4 Å². The molecule has 0 atom stereocenters. The van der Waals surface area contributed by atoms with E-state index in [0.717, 1.165) is 25.1 Å². The lowest BCUT2D eigenvalue weighted by Gasteiger charge is -2.23. The molecule has 1 fully saturated rings. The van der Waals surface area contributed by atoms with Crippen molar-refractivity contribution in [2.24, 2.45) is 0 Å². The van der Waals surface area contributed by atoms with Crippen LogP contribution < -0.4 is 10.2 Å². The molecule has 27 heavy (non-hydrogen) atoms. The second-order valence-electron chi connectivity index (χ2n) is 6.28. The largest absolute Gasteiger partial charge is 0.354 e. The molecule has 1 aromatic carbocycles. The molecular weight excluding hydrogens is 352 g/mol. The molecule has 1 N–H and O–H groups in total. The number of nitrogens with one attached hydrogen (secondary N) is 1. The summed E-state index contributed by atoms with van der Waals surface area (Å²) in [6, 6.07) is 8.65. The molecule has 140 valence electrons. The van der Waals surface area contributed by atoms with Gasteiger partial charge in [-0.3, -0.25) is 9.69 Å². The van der Waals surface area contributed by atoms with E-state index in [9.17, 15) is 18.8 Å². The number of hydrogen-bond acceptors (Lipinski definition) is 5. The summed E-state index contributed by atoms with van der Waals surface area (Å²) in [5.41, 5.74) is 0.487. The van der Waals surface area contributed by atoms with E-state index in [-0.39, 0.29) is 18.1 Å². The lowest BCUT2D eigenvalue weighted by Crippen LogP contribution is -2.36. The van der Waals surface area contributed by atoms with Crippen LogP contribution in [0.25, 0.3) is 0 Å². The second-order valence-corrected chi connectivity index (χ2v) is 6.28. The van der Waals surface area contributed by atoms with E-state index < -0.39 is 11.6 Å². The first-order chi connectivity index (χ1) is 13.1. The summed E-state index contributed by atoms with van der Waals surface area (Å²) in [4.78, 5) is 20.5. The highest BCUT2D eigenvalue weighted by atomic mass is 19.1. The zero-order valence-corrected chi connectivity index (χ0v) is 14.7. The predicted molar refractivity (Wildman–Crippen MR) is 97.2 cm³/mol. The van der Waals surface area contributed by atoms with Crippen LogP contribution in [0, 0.1) is 23.0 Å². The number of nitriles is 1. The number of benzene rings is 1. The summed E-state index contributed by atoms with van der Waals surface area (Å²) in [5, 5.41) is 11.7. The molecular formula is C19H19F2N5O. The number of aromatic nitrogens is 1. The van der Waals surface area contributed by atoms with Crippen molar-refractivity contribution < 1.29 is 13.6 Å². The molecule has 3 rings (SSSR count). The van der Waals surface area contributed by atoms with Crippen molar-refractivity contribution in [1.82, 2.24) is 9.88 Å². The minimum atomic E-state index is -0.801. The minimum absolute atomic E-state index is 0.0370. The minimum Gasteiger partial charge on any atom is -0.354 e. The van der Waals surface area contributed by atoms with Gasteiger partial charge in [-0.1, -0.05) is 0 Å². The SMILES string of the molecule is N#Cc1cccnc1N1CCCN(CC(=O)Nc2ccc(F)cc2F)CC1. The second kappa shape index (κ2) is 8.56. The van der Waals surface area contributed by atoms with Crippen molar-refractivity contribution in [3.8, 4) is 6.07 Å². The molecule has 0 bridgehead atoms. The molecule has 1 saturated heterocycles. The number of rotatable bonds is 4. The van der Waals surface area contributed by atoms with Gasteiger partial charge in [0.05, 0.1) is 17.8 Å². The zero-order valence-electron chi connectivity index (χ0n) is 14.7. The van der Waals surface area contributed by atoms with Gasteiger partial charge in [0.15, 0.2) is 0 Å². The maximum Gasteiger partial charge on any atom is 0.238 e. The molecule has 1 aliphatic rings. The first-order valence-corrected chi connectivity index (χ1v) is 8.64. The number of hydrogen-bond donors (Lipinski definition) is 1. The molecule has 0 aliphatic carbocycles. The Morgan fingerprint density at radius 2 is 2.07 bits per heavy atom. The first kappa shape index (κ1) is 18.7. The summed E-state index contributed by atoms with van der Waals surface area (Å²) < 4.78 is 26.6. The van der Waals surface area contributed by atoms with Gasteiger partial charge in [0.1, 0.15) is 23.5 Å². The van der Waals surface area contributed by atoms with Gasteiger partial charge >= 0.3 is 0 Å². The van der Waals surface area contributed by atoms with Crippen molar-refractivity contribution >= 4 is 17.4 Å². The normalized spacial score (nSPS) is 15.1. The summed E-state index contributed by atoms with van der Waals surface area (Å²) >= 11 is 0. The Hall–Kier alpha value is -3.05. The Morgan fingerprint density at radius 1 is 1.22 bits per heavy atom. The molecule has 0 radical (unpaired) electrons. The Morgan fingerprint density at radius 3 is 2.85 bits per heavy atom. The van der Waals surface area contributed by atoms with E-state index in [1.165, 1.54) is 6.07 Å². The summed E-state index contributed by atoms with van der Waals surface area (Å²) in [6.45, 7) is 2.78. The van der Waals surface area contributed by atoms with Crippen LogP contribution in [-0.2, 0) is 4.79 Å². The van der Waals surface area contributed by atoms with Crippen molar-refractivity contribution in [1.29, 1.82) is 5.26 Å². The molecule has 0 saturated carbocycles. The maximum absolute atomic E-state index is 13.7. The van der Waals surface area contributed by atoms with E-state index in [4.69, 9.17) is 0 Å². The van der Waals surface area contributed by atoms with E-state index in [2.05, 4.69) is 16.4 Å². The third-order valence-electron chi connectivity index (χ3n) is 4.37. The third kappa shape index (κ3) is 4.77. The Balaban J connectivity index is 1.58. The van der Waals surface area contributed by atoms with Crippen molar-refractivity contribution in [2.45, 2.75) is 6.42 Å². The van der Waals surface area contributed by atoms with Crippen LogP contribution in [0.5, 0.6) is 0 Å². The highest BCUT2D eigenvalue weighted by Crippen LogP contribution is 2.18. The highest BCUT2D eigenvalue weighted by Gasteiger charge is 2.20. The Bertz CT molecular complexity index is 867. The van der Waals surface area contributed by atoms with Crippen molar-refractivity contribution in [2.75, 3.05) is 42.9 Å². The lowest BCUT2D eigenvalue weighted by atomic mass is 10.2. The molecule has 6 nitrogen and oxygen atoms in total. The first-order valence-electron chi connectivity index (χ1n) is 8.64. The van der Waals surface area contributed by atoms with Crippen molar-refractivity contribution in [3.05, 3.63) is 53.7 Å². The van der Waals surface area contributed by atoms with Gasteiger partial charge in [0.2, 0.25) is 5.91 Å². The highest BCUT2D eigenvalue weighted by molar-refractivity contribution is 5.92. The molecule has 0 spiro atoms. The predicted octanol–water partition coefficient (Wildman–Crippen LogP) is 2.38. The lowest BCUT2D eigenvalue weighted by molar-refractivity contribution is -0.117. The zero-order chi connectivity index (χ0) is 19.2. The van der Waals surface area contributed by atoms with Crippen LogP contribution in [0.1, 0.15) is 12.0 Å². The summed E-state index contributed by atoms with van der Waals surface area (Å²) in [6.07, 6.45) is 2.46. The van der Waals surface area contributed by atoms with Gasteiger partial charge in [-0.2, -0.15) is 5.26 Å². The smallest absolute Gasteiger partial charge is 0.238 e. The molecule has 2 aromatic rings. The third-order valence-corrected chi connectivity index (χ3v) is 4.37. The van der Waals surface area contributed by atoms with E-state index >= 15 is 0 Å². The maximum atomic E-state index is 13.7. The average molecular weight is 371 g/mol. The number of carbonyl (C=O) groups excluding carboxylic acids is 1. The Labute approximate surface area is 156 Å². The van der Waals surface area contributed by atoms with Crippen LogP contribution >= 0.6 is 0 Å². The molecule has 1 aromatic heterocycles. The number of pyridine rings is 1. The average Bonchev–Trinajstić information content (AvgIpc) is 2.89. The molecule has 8 heteroatoms. The van der Waals surface area contributed by atoms with Gasteiger partial charge < -0.3 is 10.2 Å². The number of anilines is 2. The summed E-state index contributed by atoms with van der Waals surface area (Å²) in [7, 11) is 0. The fourth-order valence-electron chi connectivity index (χ4n) is 3.06. The fraction of sp³-hybridized carbons (Fsp3) is 0.316. The van der Waals surface area contributed by atoms with E-state index in [1.54, 1.807) is 18.3 Å². The summed E-state index contributed by atoms with van der Waals surface area (Å²) in [5.74, 6) is -1.20. The standard InChI is InChI=1S/C19H19F2N5O/c20-15-4-5-17(16(21)11-15)24-18(27)13-25-7-2-8-26(10-9-25)19-14(12-22)3-1-6-23-19/h1,3-6,11H,2,7-10,13H2,(H,24,27). The van der Waals surface area contributed by atoms with Crippen LogP contribution in [0.3, 0.4) is 0 Å².